The molecule has 0 radical (unpaired) electrons. The van der Waals surface area contributed by atoms with Gasteiger partial charge in [-0.3, -0.25) is 0 Å². The van der Waals surface area contributed by atoms with Crippen molar-refractivity contribution in [3.05, 3.63) is 36.3 Å². The first-order valence-corrected chi connectivity index (χ1v) is 6.42. The zero-order chi connectivity index (χ0) is 14.1. The number of nitrogens with zero attached hydrogens (tertiary/aromatic N) is 5. The van der Waals surface area contributed by atoms with Crippen molar-refractivity contribution < 1.29 is 4.74 Å². The van der Waals surface area contributed by atoms with E-state index in [0.717, 1.165) is 22.8 Å². The van der Waals surface area contributed by atoms with Gasteiger partial charge in [0.15, 0.2) is 5.82 Å². The molecule has 3 aromatic rings. The van der Waals surface area contributed by atoms with Crippen LogP contribution in [0, 0.1) is 0 Å². The molecule has 2 aromatic heterocycles. The van der Waals surface area contributed by atoms with Crippen LogP contribution in [0.2, 0.25) is 0 Å². The molecular formula is C14H15N5O. The molecule has 102 valence electrons. The molecule has 0 unspecified atom stereocenters. The minimum absolute atomic E-state index is 0.256. The van der Waals surface area contributed by atoms with E-state index in [1.165, 1.54) is 0 Å². The highest BCUT2D eigenvalue weighted by atomic mass is 16.5. The van der Waals surface area contributed by atoms with Gasteiger partial charge in [0.05, 0.1) is 19.0 Å². The monoisotopic (exact) mass is 269 g/mol. The first-order valence-electron chi connectivity index (χ1n) is 6.42. The highest BCUT2D eigenvalue weighted by molar-refractivity contribution is 5.60. The summed E-state index contributed by atoms with van der Waals surface area (Å²) < 4.78 is 6.82. The van der Waals surface area contributed by atoms with Crippen molar-refractivity contribution in [3.63, 3.8) is 0 Å². The molecule has 0 aliphatic rings. The van der Waals surface area contributed by atoms with Gasteiger partial charge >= 0.3 is 0 Å². The molecule has 0 fully saturated rings. The Morgan fingerprint density at radius 1 is 1.10 bits per heavy atom. The summed E-state index contributed by atoms with van der Waals surface area (Å²) in [6, 6.07) is 7.67. The Morgan fingerprint density at radius 3 is 2.50 bits per heavy atom. The summed E-state index contributed by atoms with van der Waals surface area (Å²) in [7, 11) is 1.64. The molecule has 0 aliphatic carbocycles. The summed E-state index contributed by atoms with van der Waals surface area (Å²) in [6.45, 7) is 4.10. The molecule has 2 heterocycles. The predicted molar refractivity (Wildman–Crippen MR) is 74.7 cm³/mol. The molecule has 3 rings (SSSR count). The molecule has 6 nitrogen and oxygen atoms in total. The first kappa shape index (κ1) is 12.5. The number of benzene rings is 1. The van der Waals surface area contributed by atoms with Crippen LogP contribution in [0.5, 0.6) is 5.75 Å². The average Bonchev–Trinajstić information content (AvgIpc) is 2.90. The van der Waals surface area contributed by atoms with Gasteiger partial charge in [-0.2, -0.15) is 9.61 Å². The minimum atomic E-state index is 0.256. The van der Waals surface area contributed by atoms with Crippen LogP contribution in [0.4, 0.5) is 0 Å². The Balaban J connectivity index is 2.04. The number of aromatic nitrogens is 5. The normalized spacial score (nSPS) is 11.2. The highest BCUT2D eigenvalue weighted by Gasteiger charge is 2.12. The van der Waals surface area contributed by atoms with E-state index in [9.17, 15) is 0 Å². The molecule has 0 amide bonds. The lowest BCUT2D eigenvalue weighted by atomic mass is 10.1. The number of rotatable bonds is 3. The van der Waals surface area contributed by atoms with Gasteiger partial charge in [0, 0.05) is 11.5 Å². The number of hydrogen-bond acceptors (Lipinski definition) is 5. The number of ether oxygens (including phenoxy) is 1. The third-order valence-electron chi connectivity index (χ3n) is 3.07. The Labute approximate surface area is 116 Å². The van der Waals surface area contributed by atoms with Gasteiger partial charge < -0.3 is 4.74 Å². The second-order valence-electron chi connectivity index (χ2n) is 4.79. The molecule has 0 aliphatic heterocycles. The van der Waals surface area contributed by atoms with Crippen molar-refractivity contribution in [2.75, 3.05) is 7.11 Å². The van der Waals surface area contributed by atoms with Crippen molar-refractivity contribution in [2.45, 2.75) is 19.8 Å². The molecule has 0 atom stereocenters. The van der Waals surface area contributed by atoms with Crippen molar-refractivity contribution in [2.24, 2.45) is 0 Å². The van der Waals surface area contributed by atoms with Gasteiger partial charge in [-0.05, 0) is 24.3 Å². The fourth-order valence-electron chi connectivity index (χ4n) is 1.97. The minimum Gasteiger partial charge on any atom is -0.497 e. The third-order valence-corrected chi connectivity index (χ3v) is 3.07. The van der Waals surface area contributed by atoms with Gasteiger partial charge in [-0.1, -0.05) is 13.8 Å². The van der Waals surface area contributed by atoms with Gasteiger partial charge in [0.2, 0.25) is 0 Å². The zero-order valence-corrected chi connectivity index (χ0v) is 11.6. The van der Waals surface area contributed by atoms with Gasteiger partial charge in [0.1, 0.15) is 5.75 Å². The van der Waals surface area contributed by atoms with Crippen LogP contribution < -0.4 is 4.74 Å². The molecule has 0 saturated carbocycles. The summed E-state index contributed by atoms with van der Waals surface area (Å²) in [5.74, 6) is 2.40. The largest absolute Gasteiger partial charge is 0.497 e. The van der Waals surface area contributed by atoms with Crippen molar-refractivity contribution in [1.29, 1.82) is 0 Å². The molecule has 0 spiro atoms. The van der Waals surface area contributed by atoms with Crippen LogP contribution in [-0.2, 0) is 0 Å². The first-order chi connectivity index (χ1) is 9.69. The van der Waals surface area contributed by atoms with E-state index in [1.807, 2.05) is 24.3 Å². The number of fused-ring (bicyclic) bond motifs is 1. The fourth-order valence-corrected chi connectivity index (χ4v) is 1.97. The van der Waals surface area contributed by atoms with E-state index in [0.29, 0.717) is 5.78 Å². The van der Waals surface area contributed by atoms with E-state index >= 15 is 0 Å². The lowest BCUT2D eigenvalue weighted by Crippen LogP contribution is -2.02. The Morgan fingerprint density at radius 2 is 1.85 bits per heavy atom. The van der Waals surface area contributed by atoms with Gasteiger partial charge in [0.25, 0.3) is 5.78 Å². The maximum atomic E-state index is 5.14. The maximum Gasteiger partial charge on any atom is 0.272 e. The standard InChI is InChI=1S/C14H15N5O/c1-9(2)13-17-18-14-16-12(8-15-19(13)14)10-4-6-11(20-3)7-5-10/h4-9H,1-3H3. The van der Waals surface area contributed by atoms with E-state index in [-0.39, 0.29) is 5.92 Å². The molecule has 20 heavy (non-hydrogen) atoms. The number of hydrogen-bond donors (Lipinski definition) is 0. The van der Waals surface area contributed by atoms with Crippen LogP contribution in [-0.4, -0.2) is 31.9 Å². The Bertz CT molecular complexity index is 733. The third kappa shape index (κ3) is 2.09. The van der Waals surface area contributed by atoms with Crippen LogP contribution >= 0.6 is 0 Å². The van der Waals surface area contributed by atoms with Crippen LogP contribution in [0.3, 0.4) is 0 Å². The molecule has 1 aromatic carbocycles. The number of methoxy groups -OCH3 is 1. The maximum absolute atomic E-state index is 5.14. The van der Waals surface area contributed by atoms with Gasteiger partial charge in [-0.25, -0.2) is 4.98 Å². The molecule has 0 bridgehead atoms. The van der Waals surface area contributed by atoms with Crippen LogP contribution in [0.25, 0.3) is 17.0 Å². The molecule has 0 saturated heterocycles. The van der Waals surface area contributed by atoms with E-state index < -0.39 is 0 Å². The van der Waals surface area contributed by atoms with Crippen molar-refractivity contribution in [1.82, 2.24) is 24.8 Å². The second-order valence-corrected chi connectivity index (χ2v) is 4.79. The highest BCUT2D eigenvalue weighted by Crippen LogP contribution is 2.20. The smallest absolute Gasteiger partial charge is 0.272 e. The summed E-state index contributed by atoms with van der Waals surface area (Å²) >= 11 is 0. The van der Waals surface area contributed by atoms with Crippen molar-refractivity contribution >= 4 is 5.78 Å². The zero-order valence-electron chi connectivity index (χ0n) is 11.6. The van der Waals surface area contributed by atoms with Crippen LogP contribution in [0.1, 0.15) is 25.6 Å². The molecule has 6 heteroatoms. The van der Waals surface area contributed by atoms with E-state index in [4.69, 9.17) is 4.74 Å². The second kappa shape index (κ2) is 4.88. The summed E-state index contributed by atoms with van der Waals surface area (Å²) in [6.07, 6.45) is 1.73. The Hall–Kier alpha value is -2.50. The SMILES string of the molecule is COc1ccc(-c2cnn3c(C(C)C)nnc3n2)cc1. The Kier molecular flexibility index (Phi) is 3.06. The average molecular weight is 269 g/mol. The van der Waals surface area contributed by atoms with Crippen LogP contribution in [0.15, 0.2) is 30.5 Å². The van der Waals surface area contributed by atoms with E-state index in [1.54, 1.807) is 17.8 Å². The lowest BCUT2D eigenvalue weighted by Gasteiger charge is -2.04. The predicted octanol–water partition coefficient (Wildman–Crippen LogP) is 2.32. The quantitative estimate of drug-likeness (QED) is 0.730. The fraction of sp³-hybridized carbons (Fsp3) is 0.286. The van der Waals surface area contributed by atoms with Gasteiger partial charge in [-0.15, -0.1) is 10.2 Å². The molecular weight excluding hydrogens is 254 g/mol. The topological polar surface area (TPSA) is 65.2 Å². The summed E-state index contributed by atoms with van der Waals surface area (Å²) in [5.41, 5.74) is 1.73. The summed E-state index contributed by atoms with van der Waals surface area (Å²) in [4.78, 5) is 4.49. The molecule has 0 N–H and O–H groups in total. The lowest BCUT2D eigenvalue weighted by molar-refractivity contribution is 0.415. The summed E-state index contributed by atoms with van der Waals surface area (Å²) in [5, 5.41) is 12.6. The van der Waals surface area contributed by atoms with E-state index in [2.05, 4.69) is 34.1 Å². The van der Waals surface area contributed by atoms with Crippen molar-refractivity contribution in [3.8, 4) is 17.0 Å².